The Kier molecular flexibility index (Phi) is 2.83. The Bertz CT molecular complexity index is 119. The Morgan fingerprint density at radius 3 is 2.60 bits per heavy atom. The second-order valence-electron chi connectivity index (χ2n) is 2.57. The molecule has 3 heteroatoms. The largest absolute Gasteiger partial charge is 0.390 e. The molecule has 0 radical (unpaired) electrons. The summed E-state index contributed by atoms with van der Waals surface area (Å²) in [7, 11) is 0. The standard InChI is InChI=1S/C7H13NO2/c8-7(5-9)6-1-3-10-4-2-6/h6,8-9H,1-5H2. The van der Waals surface area contributed by atoms with E-state index in [9.17, 15) is 0 Å². The van der Waals surface area contributed by atoms with E-state index in [-0.39, 0.29) is 12.5 Å². The van der Waals surface area contributed by atoms with Gasteiger partial charge in [0.25, 0.3) is 0 Å². The van der Waals surface area contributed by atoms with Crippen molar-refractivity contribution in [3.8, 4) is 0 Å². The number of aliphatic hydroxyl groups is 1. The molecule has 0 aromatic rings. The van der Waals surface area contributed by atoms with E-state index in [2.05, 4.69) is 0 Å². The minimum atomic E-state index is -0.0926. The number of aliphatic hydroxyl groups excluding tert-OH is 1. The van der Waals surface area contributed by atoms with Crippen LogP contribution < -0.4 is 0 Å². The van der Waals surface area contributed by atoms with Crippen LogP contribution in [0.25, 0.3) is 0 Å². The van der Waals surface area contributed by atoms with Crippen LogP contribution in [0.2, 0.25) is 0 Å². The van der Waals surface area contributed by atoms with E-state index in [1.54, 1.807) is 0 Å². The minimum Gasteiger partial charge on any atom is -0.390 e. The summed E-state index contributed by atoms with van der Waals surface area (Å²) in [4.78, 5) is 0. The smallest absolute Gasteiger partial charge is 0.0809 e. The molecule has 1 rings (SSSR count). The number of ether oxygens (including phenoxy) is 1. The lowest BCUT2D eigenvalue weighted by Gasteiger charge is -2.21. The predicted molar refractivity (Wildman–Crippen MR) is 38.4 cm³/mol. The molecule has 0 bridgehead atoms. The van der Waals surface area contributed by atoms with Crippen LogP contribution in [-0.2, 0) is 4.74 Å². The summed E-state index contributed by atoms with van der Waals surface area (Å²) in [5, 5.41) is 15.9. The first-order valence-electron chi connectivity index (χ1n) is 3.60. The van der Waals surface area contributed by atoms with Gasteiger partial charge in [-0.3, -0.25) is 0 Å². The van der Waals surface area contributed by atoms with E-state index < -0.39 is 0 Å². The van der Waals surface area contributed by atoms with Crippen LogP contribution in [-0.4, -0.2) is 30.6 Å². The third-order valence-corrected chi connectivity index (χ3v) is 1.88. The summed E-state index contributed by atoms with van der Waals surface area (Å²) in [6.45, 7) is 1.39. The van der Waals surface area contributed by atoms with Crippen LogP contribution >= 0.6 is 0 Å². The van der Waals surface area contributed by atoms with Crippen molar-refractivity contribution in [2.24, 2.45) is 5.92 Å². The molecule has 1 fully saturated rings. The SMILES string of the molecule is N=C(CO)C1CCOCC1. The second-order valence-corrected chi connectivity index (χ2v) is 2.57. The molecule has 0 aliphatic carbocycles. The molecule has 58 valence electrons. The van der Waals surface area contributed by atoms with E-state index in [0.717, 1.165) is 26.1 Å². The highest BCUT2D eigenvalue weighted by atomic mass is 16.5. The fourth-order valence-electron chi connectivity index (χ4n) is 1.18. The lowest BCUT2D eigenvalue weighted by Crippen LogP contribution is -2.24. The zero-order valence-corrected chi connectivity index (χ0v) is 5.97. The highest BCUT2D eigenvalue weighted by Crippen LogP contribution is 2.15. The van der Waals surface area contributed by atoms with E-state index in [1.165, 1.54) is 0 Å². The van der Waals surface area contributed by atoms with Gasteiger partial charge < -0.3 is 15.3 Å². The van der Waals surface area contributed by atoms with Gasteiger partial charge in [0.2, 0.25) is 0 Å². The lowest BCUT2D eigenvalue weighted by molar-refractivity contribution is 0.0813. The van der Waals surface area contributed by atoms with Gasteiger partial charge in [0.1, 0.15) is 0 Å². The van der Waals surface area contributed by atoms with E-state index in [4.69, 9.17) is 15.3 Å². The van der Waals surface area contributed by atoms with Gasteiger partial charge >= 0.3 is 0 Å². The lowest BCUT2D eigenvalue weighted by atomic mass is 9.95. The summed E-state index contributed by atoms with van der Waals surface area (Å²) in [6, 6.07) is 0. The van der Waals surface area contributed by atoms with E-state index in [1.807, 2.05) is 0 Å². The van der Waals surface area contributed by atoms with Crippen LogP contribution in [0.4, 0.5) is 0 Å². The Hall–Kier alpha value is -0.410. The molecule has 1 aliphatic rings. The average Bonchev–Trinajstić information content (AvgIpc) is 2.05. The number of hydrogen-bond acceptors (Lipinski definition) is 3. The number of nitrogens with one attached hydrogen (secondary N) is 1. The van der Waals surface area contributed by atoms with Gasteiger partial charge in [0.05, 0.1) is 6.61 Å². The second kappa shape index (κ2) is 3.68. The maximum absolute atomic E-state index is 8.62. The van der Waals surface area contributed by atoms with Crippen molar-refractivity contribution in [3.05, 3.63) is 0 Å². The Labute approximate surface area is 60.5 Å². The summed E-state index contributed by atoms with van der Waals surface area (Å²) in [5.74, 6) is 0.277. The molecule has 3 nitrogen and oxygen atoms in total. The molecule has 0 amide bonds. The molecular weight excluding hydrogens is 130 g/mol. The van der Waals surface area contributed by atoms with E-state index >= 15 is 0 Å². The van der Waals surface area contributed by atoms with Gasteiger partial charge in [-0.15, -0.1) is 0 Å². The first-order chi connectivity index (χ1) is 4.84. The van der Waals surface area contributed by atoms with Crippen molar-refractivity contribution in [2.45, 2.75) is 12.8 Å². The van der Waals surface area contributed by atoms with Gasteiger partial charge in [-0.2, -0.15) is 0 Å². The maximum atomic E-state index is 8.62. The molecular formula is C7H13NO2. The zero-order valence-electron chi connectivity index (χ0n) is 5.97. The zero-order chi connectivity index (χ0) is 7.40. The minimum absolute atomic E-state index is 0.0926. The quantitative estimate of drug-likeness (QED) is 0.550. The first-order valence-corrected chi connectivity index (χ1v) is 3.60. The van der Waals surface area contributed by atoms with Gasteiger partial charge in [-0.25, -0.2) is 0 Å². The van der Waals surface area contributed by atoms with Gasteiger partial charge in [0.15, 0.2) is 0 Å². The first kappa shape index (κ1) is 7.69. The van der Waals surface area contributed by atoms with Crippen molar-refractivity contribution in [1.82, 2.24) is 0 Å². The van der Waals surface area contributed by atoms with Gasteiger partial charge in [-0.1, -0.05) is 0 Å². The van der Waals surface area contributed by atoms with Gasteiger partial charge in [-0.05, 0) is 12.8 Å². The Balaban J connectivity index is 2.31. The Morgan fingerprint density at radius 1 is 1.50 bits per heavy atom. The van der Waals surface area contributed by atoms with Gasteiger partial charge in [0, 0.05) is 24.8 Å². The topological polar surface area (TPSA) is 53.3 Å². The molecule has 0 saturated carbocycles. The van der Waals surface area contributed by atoms with Crippen molar-refractivity contribution in [1.29, 1.82) is 5.41 Å². The molecule has 0 aromatic heterocycles. The molecule has 0 unspecified atom stereocenters. The van der Waals surface area contributed by atoms with Crippen molar-refractivity contribution >= 4 is 5.71 Å². The third-order valence-electron chi connectivity index (χ3n) is 1.88. The maximum Gasteiger partial charge on any atom is 0.0809 e. The van der Waals surface area contributed by atoms with Crippen molar-refractivity contribution < 1.29 is 9.84 Å². The summed E-state index contributed by atoms with van der Waals surface area (Å²) in [5.41, 5.74) is 0.461. The van der Waals surface area contributed by atoms with Crippen LogP contribution in [0.15, 0.2) is 0 Å². The monoisotopic (exact) mass is 143 g/mol. The van der Waals surface area contributed by atoms with Crippen LogP contribution in [0.5, 0.6) is 0 Å². The number of rotatable bonds is 2. The predicted octanol–water partition coefficient (Wildman–Crippen LogP) is 0.425. The average molecular weight is 143 g/mol. The normalized spacial score (nSPS) is 20.9. The molecule has 1 heterocycles. The fourth-order valence-corrected chi connectivity index (χ4v) is 1.18. The molecule has 10 heavy (non-hydrogen) atoms. The molecule has 0 spiro atoms. The fraction of sp³-hybridized carbons (Fsp3) is 0.857. The number of hydrogen-bond donors (Lipinski definition) is 2. The molecule has 2 N–H and O–H groups in total. The molecule has 1 saturated heterocycles. The Morgan fingerprint density at radius 2 is 2.10 bits per heavy atom. The highest BCUT2D eigenvalue weighted by molar-refractivity contribution is 5.84. The van der Waals surface area contributed by atoms with Crippen molar-refractivity contribution in [2.75, 3.05) is 19.8 Å². The third kappa shape index (κ3) is 1.78. The van der Waals surface area contributed by atoms with Crippen LogP contribution in [0.1, 0.15) is 12.8 Å². The molecule has 0 atom stereocenters. The summed E-state index contributed by atoms with van der Waals surface area (Å²) >= 11 is 0. The highest BCUT2D eigenvalue weighted by Gasteiger charge is 2.16. The molecule has 0 aromatic carbocycles. The summed E-state index contributed by atoms with van der Waals surface area (Å²) in [6.07, 6.45) is 1.80. The summed E-state index contributed by atoms with van der Waals surface area (Å²) < 4.78 is 5.12. The van der Waals surface area contributed by atoms with Crippen LogP contribution in [0, 0.1) is 11.3 Å². The van der Waals surface area contributed by atoms with Crippen molar-refractivity contribution in [3.63, 3.8) is 0 Å². The van der Waals surface area contributed by atoms with Crippen LogP contribution in [0.3, 0.4) is 0 Å². The molecule has 1 aliphatic heterocycles. The van der Waals surface area contributed by atoms with E-state index in [0.29, 0.717) is 5.71 Å².